The first-order valence-corrected chi connectivity index (χ1v) is 47.3. The second-order valence-corrected chi connectivity index (χ2v) is 36.7. The zero-order valence-corrected chi connectivity index (χ0v) is 79.7. The van der Waals surface area contributed by atoms with E-state index in [1.807, 2.05) is 86.6 Å². The van der Waals surface area contributed by atoms with E-state index in [9.17, 15) is 60.8 Å². The van der Waals surface area contributed by atoms with Gasteiger partial charge in [0.25, 0.3) is 22.2 Å². The van der Waals surface area contributed by atoms with Gasteiger partial charge in [-0.1, -0.05) is 138 Å². The first kappa shape index (κ1) is 94.5. The smallest absolute Gasteiger partial charge is 0.266 e. The number of rotatable bonds is 16. The summed E-state index contributed by atoms with van der Waals surface area (Å²) in [4.78, 5) is 92.9. The lowest BCUT2D eigenvalue weighted by Crippen LogP contribution is -2.25. The Morgan fingerprint density at radius 2 is 0.711 bits per heavy atom. The van der Waals surface area contributed by atoms with Gasteiger partial charge < -0.3 is 48.6 Å². The van der Waals surface area contributed by atoms with E-state index >= 15 is 0 Å². The zero-order chi connectivity index (χ0) is 103. The molecule has 13 N–H and O–H groups in total. The summed E-state index contributed by atoms with van der Waals surface area (Å²) in [5.74, 6) is -3.80. The van der Waals surface area contributed by atoms with Gasteiger partial charge in [0.1, 0.15) is 124 Å². The molecule has 11 aromatic carbocycles. The van der Waals surface area contributed by atoms with Crippen molar-refractivity contribution in [2.24, 2.45) is 0 Å². The van der Waals surface area contributed by atoms with Crippen molar-refractivity contribution in [3.05, 3.63) is 389 Å². The second kappa shape index (κ2) is 38.1. The number of hydrogen-bond acceptors (Lipinski definition) is 26. The maximum absolute atomic E-state index is 14.9. The number of anilines is 5. The van der Waals surface area contributed by atoms with Crippen molar-refractivity contribution in [1.82, 2.24) is 102 Å². The number of nitrogen functional groups attached to an aromatic ring is 5. The topological polar surface area (TPSA) is 466 Å². The normalized spacial score (nSPS) is 12.0. The Bertz CT molecular complexity index is 9900. The van der Waals surface area contributed by atoms with E-state index in [-0.39, 0.29) is 123 Å². The summed E-state index contributed by atoms with van der Waals surface area (Å²) < 4.78 is 100. The van der Waals surface area contributed by atoms with E-state index in [0.717, 1.165) is 94.9 Å². The zero-order valence-electron chi connectivity index (χ0n) is 78.1. The number of phenols is 3. The lowest BCUT2D eigenvalue weighted by Gasteiger charge is -2.17. The third-order valence-corrected chi connectivity index (χ3v) is 26.8. The molecular weight excluding hydrogens is 1950 g/mol. The number of nitrogens with two attached hydrogens (primary N) is 5. The number of benzene rings is 11. The van der Waals surface area contributed by atoms with Crippen molar-refractivity contribution in [3.8, 4) is 79.3 Å². The number of fused-ring (bicyclic) bond motifs is 9. The van der Waals surface area contributed by atoms with E-state index in [1.165, 1.54) is 137 Å². The molecule has 0 atom stereocenters. The maximum atomic E-state index is 14.9. The van der Waals surface area contributed by atoms with Crippen LogP contribution in [-0.2, 0) is 26.2 Å². The molecule has 0 saturated heterocycles. The lowest BCUT2D eigenvalue weighted by atomic mass is 10.1. The average molecular weight is 2030 g/mol. The van der Waals surface area contributed by atoms with Crippen LogP contribution >= 0.6 is 22.9 Å². The minimum absolute atomic E-state index is 0.0218. The summed E-state index contributed by atoms with van der Waals surface area (Å²) in [6.45, 7) is 4.34. The number of pyridine rings is 4. The number of hydrogen-bond donors (Lipinski definition) is 8. The van der Waals surface area contributed by atoms with Gasteiger partial charge >= 0.3 is 0 Å². The van der Waals surface area contributed by atoms with Crippen LogP contribution < -0.4 is 50.9 Å². The molecule has 25 rings (SSSR count). The molecule has 1 aliphatic rings. The van der Waals surface area contributed by atoms with Crippen molar-refractivity contribution in [3.63, 3.8) is 0 Å². The van der Waals surface area contributed by atoms with Crippen LogP contribution in [0.1, 0.15) is 52.8 Å². The monoisotopic (exact) mass is 2030 g/mol. The van der Waals surface area contributed by atoms with E-state index in [2.05, 4.69) is 66.2 Å². The number of phenolic OH excluding ortho intramolecular Hbond substituents is 3. The maximum Gasteiger partial charge on any atom is 0.266 e. The molecule has 41 heteroatoms. The van der Waals surface area contributed by atoms with Gasteiger partial charge in [-0.25, -0.2) is 89.9 Å². The number of para-hydroxylation sites is 3. The van der Waals surface area contributed by atoms with E-state index in [1.54, 1.807) is 79.2 Å². The number of thiazole rings is 1. The summed E-state index contributed by atoms with van der Waals surface area (Å²) in [6.07, 6.45) is 7.10. The minimum atomic E-state index is -0.749. The fraction of sp³-hybridized carbons (Fsp3) is 0.0833. The standard InChI is InChI=1S/C30H24N8OS.C27H17F3N6O2.C27H18F2N6O2.C24H18ClFN6O2/c1-16-6-3-4-9-22(16)38-20(12-18-8-5-7-17(2)24(18)29(38)39)14-37-28-25(27(31)33-15-34-28)26(36-37)19-10-11-21-23(13-19)40-30(32)35-21;28-16-8-15(10-18(37)11-16)24-23-25(31)32-13-33-26(23)35(34-24)12-17-9-14-4-3-6-20(30)22(14)27(38)36(17)21-7-2-1-5-19(21)29;28-19-8-1-2-10-21(19)35-17(11-15-5-4-9-20(29)22(15)27(35)37)13-34-26-23(25(30)31-14-32-26)24(33-34)16-6-3-7-18(36)12-16;25-18-3-1-2-12-7-16(32(15-4-5-15)24(34)19(12)18)10-31-23-20(22(27)28-11-29-23)21(30-31)13-6-14(26)9-17(33)8-13/h3-13,15H,14H2,1-2H3,(H2,32,35)(H2,31,33,34);1-11,13,37H,12H2,(H2,31,32,33);1-12,14,36H,13H2,(H2,30,31,32);1-3,6-9,11,15,33H,4-5,10H2,(H2,27,28,29). The van der Waals surface area contributed by atoms with Gasteiger partial charge in [0.05, 0.1) is 102 Å². The van der Waals surface area contributed by atoms with Crippen molar-refractivity contribution < 1.29 is 41.7 Å². The number of halogens is 7. The predicted octanol–water partition coefficient (Wildman–Crippen LogP) is 18.5. The predicted molar refractivity (Wildman–Crippen MR) is 559 cm³/mol. The fourth-order valence-electron chi connectivity index (χ4n) is 18.9. The molecule has 736 valence electrons. The van der Waals surface area contributed by atoms with Gasteiger partial charge in [0.15, 0.2) is 27.7 Å². The molecule has 1 fully saturated rings. The van der Waals surface area contributed by atoms with Gasteiger partial charge in [-0.3, -0.25) is 32.9 Å². The Morgan fingerprint density at radius 1 is 0.342 bits per heavy atom. The molecule has 24 aromatic rings. The quantitative estimate of drug-likeness (QED) is 0.0416. The molecule has 0 unspecified atom stereocenters. The largest absolute Gasteiger partial charge is 0.508 e. The fourth-order valence-corrected chi connectivity index (χ4v) is 20.0. The van der Waals surface area contributed by atoms with E-state index in [4.69, 9.17) is 45.4 Å². The molecule has 13 heterocycles. The first-order chi connectivity index (χ1) is 72.0. The lowest BCUT2D eigenvalue weighted by molar-refractivity contribution is 0.468. The highest BCUT2D eigenvalue weighted by molar-refractivity contribution is 7.22. The molecule has 0 amide bonds. The summed E-state index contributed by atoms with van der Waals surface area (Å²) >= 11 is 7.77. The highest BCUT2D eigenvalue weighted by atomic mass is 35.5. The highest BCUT2D eigenvalue weighted by Gasteiger charge is 2.32. The van der Waals surface area contributed by atoms with Gasteiger partial charge in [0.2, 0.25) is 0 Å². The van der Waals surface area contributed by atoms with Crippen LogP contribution in [0.2, 0.25) is 5.02 Å². The van der Waals surface area contributed by atoms with Crippen LogP contribution in [0.5, 0.6) is 17.2 Å². The van der Waals surface area contributed by atoms with Crippen molar-refractivity contribution in [1.29, 1.82) is 0 Å². The number of aryl methyl sites for hydroxylation is 2. The Balaban J connectivity index is 0.000000113. The highest BCUT2D eigenvalue weighted by Crippen LogP contribution is 2.42. The van der Waals surface area contributed by atoms with Gasteiger partial charge in [-0.15, -0.1) is 0 Å². The third-order valence-electron chi connectivity index (χ3n) is 25.6. The van der Waals surface area contributed by atoms with Crippen LogP contribution in [-0.4, -0.2) is 118 Å². The summed E-state index contributed by atoms with van der Waals surface area (Å²) in [7, 11) is 0. The number of aromatic hydroxyl groups is 3. The second-order valence-electron chi connectivity index (χ2n) is 35.2. The molecule has 0 radical (unpaired) electrons. The Hall–Kier alpha value is -19.4. The number of aromatic nitrogens is 21. The van der Waals surface area contributed by atoms with Gasteiger partial charge in [-0.2, -0.15) is 20.4 Å². The Kier molecular flexibility index (Phi) is 24.1. The molecule has 13 aromatic heterocycles. The molecule has 1 saturated carbocycles. The molecule has 0 spiro atoms. The van der Waals surface area contributed by atoms with Crippen molar-refractivity contribution in [2.75, 3.05) is 28.7 Å². The summed E-state index contributed by atoms with van der Waals surface area (Å²) in [6, 6.07) is 65.9. The Morgan fingerprint density at radius 3 is 1.16 bits per heavy atom. The van der Waals surface area contributed by atoms with Crippen LogP contribution in [0.3, 0.4) is 0 Å². The van der Waals surface area contributed by atoms with Crippen molar-refractivity contribution in [2.45, 2.75) is 58.9 Å². The molecule has 0 bridgehead atoms. The first-order valence-electron chi connectivity index (χ1n) is 46.1. The number of nitrogens with zero attached hydrogens (tertiary/aromatic N) is 21. The molecule has 149 heavy (non-hydrogen) atoms. The van der Waals surface area contributed by atoms with Crippen LogP contribution in [0, 0.1) is 48.8 Å². The SMILES string of the molecule is Cc1ccccc1-n1c(Cn2nc(-c3ccc4nc(N)sc4c3)c3c(N)ncnc32)cc2cccc(C)c2c1=O.Nc1ncnc2c1c(-c1cc(O)cc(F)c1)nn2Cc1cc2cccc(Cl)c2c(=O)n1C1CC1.Nc1ncnc2c1c(-c1cc(O)cc(F)c1)nn2Cc1cc2cccc(F)c2c(=O)n1-c1ccccc1F.Nc1ncnc2c1c(-c1cccc(O)c1)nn2Cc1cc2cccc(F)c2c(=O)n1-c1ccccc1F. The Labute approximate surface area is 843 Å². The van der Waals surface area contributed by atoms with E-state index < -0.39 is 46.0 Å². The molecular formula is C108H77ClF6N26O7S. The average Bonchev–Trinajstić information content (AvgIpc) is 1.44. The molecule has 0 aliphatic heterocycles. The van der Waals surface area contributed by atoms with Crippen molar-refractivity contribution >= 4 is 149 Å². The van der Waals surface area contributed by atoms with Gasteiger partial charge in [0, 0.05) is 63.2 Å². The van der Waals surface area contributed by atoms with Crippen LogP contribution in [0.25, 0.3) is 160 Å². The summed E-state index contributed by atoms with van der Waals surface area (Å²) in [5, 5.41) is 54.7. The molecule has 1 aliphatic carbocycles. The third kappa shape index (κ3) is 17.5. The minimum Gasteiger partial charge on any atom is -0.508 e. The van der Waals surface area contributed by atoms with Gasteiger partial charge in [-0.05, 0) is 181 Å². The molecule has 33 nitrogen and oxygen atoms in total. The summed E-state index contributed by atoms with van der Waals surface area (Å²) in [5.41, 5.74) is 40.0. The van der Waals surface area contributed by atoms with Crippen LogP contribution in [0.4, 0.5) is 54.7 Å². The van der Waals surface area contributed by atoms with E-state index in [0.29, 0.717) is 110 Å². The van der Waals surface area contributed by atoms with Crippen LogP contribution in [0.15, 0.2) is 293 Å².